The number of nitrogens with two attached hydrogens (primary N) is 1. The van der Waals surface area contributed by atoms with Gasteiger partial charge in [-0.2, -0.15) is 0 Å². The summed E-state index contributed by atoms with van der Waals surface area (Å²) in [5.41, 5.74) is 2.26. The topological polar surface area (TPSA) is 113 Å². The maximum absolute atomic E-state index is 12.0. The van der Waals surface area contributed by atoms with E-state index in [9.17, 15) is 9.59 Å². The van der Waals surface area contributed by atoms with Crippen molar-refractivity contribution in [1.82, 2.24) is 15.4 Å². The van der Waals surface area contributed by atoms with Crippen molar-refractivity contribution < 1.29 is 9.59 Å². The molecule has 7 nitrogen and oxygen atoms in total. The van der Waals surface area contributed by atoms with Crippen molar-refractivity contribution in [2.45, 2.75) is 0 Å². The number of benzene rings is 1. The fraction of sp³-hybridized carbons (Fsp3) is 0. The molecule has 2 aromatic rings. The second kappa shape index (κ2) is 5.51. The molecular formula is C11H10ClN5O2. The third-order valence-corrected chi connectivity index (χ3v) is 2.66. The van der Waals surface area contributed by atoms with Gasteiger partial charge in [-0.1, -0.05) is 23.7 Å². The highest BCUT2D eigenvalue weighted by molar-refractivity contribution is 6.34. The predicted molar refractivity (Wildman–Crippen MR) is 69.6 cm³/mol. The van der Waals surface area contributed by atoms with Crippen molar-refractivity contribution in [3.05, 3.63) is 47.0 Å². The average molecular weight is 280 g/mol. The van der Waals surface area contributed by atoms with Crippen LogP contribution >= 0.6 is 11.6 Å². The number of anilines is 1. The molecule has 0 aliphatic rings. The van der Waals surface area contributed by atoms with Crippen molar-refractivity contribution >= 4 is 29.1 Å². The molecule has 0 aliphatic heterocycles. The minimum Gasteiger partial charge on any atom is -0.340 e. The lowest BCUT2D eigenvalue weighted by atomic mass is 10.2. The van der Waals surface area contributed by atoms with Crippen LogP contribution in [0.2, 0.25) is 5.02 Å². The van der Waals surface area contributed by atoms with Crippen molar-refractivity contribution in [1.29, 1.82) is 0 Å². The normalized spacial score (nSPS) is 10.0. The van der Waals surface area contributed by atoms with E-state index in [0.717, 1.165) is 0 Å². The van der Waals surface area contributed by atoms with Gasteiger partial charge < -0.3 is 10.3 Å². The van der Waals surface area contributed by atoms with Gasteiger partial charge in [-0.05, 0) is 12.1 Å². The molecule has 0 unspecified atom stereocenters. The standard InChI is InChI=1S/C11H10ClN5O2/c12-6-3-1-2-4-7(6)16-10(18)8-9(11(19)17-13)15-5-14-8/h1-5H,13H2,(H,14,15)(H,16,18)(H,17,19). The fourth-order valence-corrected chi connectivity index (χ4v) is 1.64. The van der Waals surface area contributed by atoms with Gasteiger partial charge in [-0.25, -0.2) is 10.8 Å². The van der Waals surface area contributed by atoms with E-state index in [1.54, 1.807) is 24.3 Å². The summed E-state index contributed by atoms with van der Waals surface area (Å²) in [6.07, 6.45) is 1.23. The molecule has 2 rings (SSSR count). The molecule has 0 aliphatic carbocycles. The first-order valence-electron chi connectivity index (χ1n) is 5.23. The number of carbonyl (C=O) groups excluding carboxylic acids is 2. The minimum atomic E-state index is -0.662. The van der Waals surface area contributed by atoms with Crippen LogP contribution in [0, 0.1) is 0 Å². The molecule has 0 atom stereocenters. The molecule has 0 saturated heterocycles. The Bertz CT molecular complexity index is 625. The Morgan fingerprint density at radius 1 is 1.26 bits per heavy atom. The number of halogens is 1. The van der Waals surface area contributed by atoms with Gasteiger partial charge >= 0.3 is 0 Å². The van der Waals surface area contributed by atoms with Crippen LogP contribution in [0.3, 0.4) is 0 Å². The number of hydrogen-bond acceptors (Lipinski definition) is 4. The van der Waals surface area contributed by atoms with Crippen LogP contribution in [0.1, 0.15) is 21.0 Å². The monoisotopic (exact) mass is 279 g/mol. The van der Waals surface area contributed by atoms with E-state index in [2.05, 4.69) is 15.3 Å². The minimum absolute atomic E-state index is 0.00266. The number of aromatic amines is 1. The summed E-state index contributed by atoms with van der Waals surface area (Å²) < 4.78 is 0. The summed E-state index contributed by atoms with van der Waals surface area (Å²) in [6.45, 7) is 0. The smallest absolute Gasteiger partial charge is 0.286 e. The lowest BCUT2D eigenvalue weighted by Crippen LogP contribution is -2.32. The number of hydrazine groups is 1. The number of hydrogen-bond donors (Lipinski definition) is 4. The number of H-pyrrole nitrogens is 1. The van der Waals surface area contributed by atoms with Gasteiger partial charge in [0.15, 0.2) is 5.69 Å². The number of amides is 2. The van der Waals surface area contributed by atoms with E-state index < -0.39 is 11.8 Å². The maximum atomic E-state index is 12.0. The quantitative estimate of drug-likeness (QED) is 0.380. The summed E-state index contributed by atoms with van der Waals surface area (Å²) in [7, 11) is 0. The van der Waals surface area contributed by atoms with Gasteiger partial charge in [0.1, 0.15) is 5.69 Å². The highest BCUT2D eigenvalue weighted by atomic mass is 35.5. The van der Waals surface area contributed by atoms with Crippen molar-refractivity contribution in [2.75, 3.05) is 5.32 Å². The van der Waals surface area contributed by atoms with Gasteiger partial charge in [0, 0.05) is 0 Å². The van der Waals surface area contributed by atoms with Crippen LogP contribution in [0.5, 0.6) is 0 Å². The van der Waals surface area contributed by atoms with E-state index in [1.807, 2.05) is 5.43 Å². The first-order valence-corrected chi connectivity index (χ1v) is 5.61. The third-order valence-electron chi connectivity index (χ3n) is 2.33. The zero-order valence-corrected chi connectivity index (χ0v) is 10.4. The Kier molecular flexibility index (Phi) is 3.79. The Morgan fingerprint density at radius 3 is 2.68 bits per heavy atom. The average Bonchev–Trinajstić information content (AvgIpc) is 2.90. The van der Waals surface area contributed by atoms with Gasteiger partial charge in [-0.15, -0.1) is 0 Å². The number of para-hydroxylation sites is 1. The van der Waals surface area contributed by atoms with Gasteiger partial charge in [-0.3, -0.25) is 15.0 Å². The molecule has 1 aromatic carbocycles. The lowest BCUT2D eigenvalue weighted by molar-refractivity contribution is 0.0935. The molecule has 0 saturated carbocycles. The van der Waals surface area contributed by atoms with Gasteiger partial charge in [0.25, 0.3) is 11.8 Å². The first-order chi connectivity index (χ1) is 9.13. The van der Waals surface area contributed by atoms with Crippen molar-refractivity contribution in [3.63, 3.8) is 0 Å². The molecular weight excluding hydrogens is 270 g/mol. The van der Waals surface area contributed by atoms with Crippen LogP contribution in [0.15, 0.2) is 30.6 Å². The summed E-state index contributed by atoms with van der Waals surface area (Å²) in [5, 5.41) is 2.96. The molecule has 2 amide bonds. The Hall–Kier alpha value is -2.38. The number of imidazole rings is 1. The summed E-state index contributed by atoms with van der Waals surface area (Å²) in [5.74, 6) is 3.80. The molecule has 0 radical (unpaired) electrons. The Balaban J connectivity index is 2.24. The zero-order chi connectivity index (χ0) is 13.8. The maximum Gasteiger partial charge on any atom is 0.286 e. The predicted octanol–water partition coefficient (Wildman–Crippen LogP) is 0.919. The van der Waals surface area contributed by atoms with Gasteiger partial charge in [0.2, 0.25) is 0 Å². The molecule has 1 heterocycles. The van der Waals surface area contributed by atoms with Crippen molar-refractivity contribution in [3.8, 4) is 0 Å². The lowest BCUT2D eigenvalue weighted by Gasteiger charge is -2.06. The number of nitrogens with one attached hydrogen (secondary N) is 3. The van der Waals surface area contributed by atoms with Crippen LogP contribution in [0.4, 0.5) is 5.69 Å². The molecule has 0 bridgehead atoms. The summed E-state index contributed by atoms with van der Waals surface area (Å²) in [4.78, 5) is 29.7. The van der Waals surface area contributed by atoms with Crippen LogP contribution in [0.25, 0.3) is 0 Å². The van der Waals surface area contributed by atoms with E-state index in [1.165, 1.54) is 6.33 Å². The molecule has 8 heteroatoms. The third kappa shape index (κ3) is 2.72. The van der Waals surface area contributed by atoms with E-state index in [0.29, 0.717) is 10.7 Å². The second-order valence-electron chi connectivity index (χ2n) is 3.53. The van der Waals surface area contributed by atoms with Crippen LogP contribution < -0.4 is 16.6 Å². The first kappa shape index (κ1) is 13.1. The zero-order valence-electron chi connectivity index (χ0n) is 9.61. The fourth-order valence-electron chi connectivity index (χ4n) is 1.46. The van der Waals surface area contributed by atoms with E-state index in [4.69, 9.17) is 17.4 Å². The molecule has 0 spiro atoms. The highest BCUT2D eigenvalue weighted by Gasteiger charge is 2.20. The summed E-state index contributed by atoms with van der Waals surface area (Å²) in [6, 6.07) is 6.74. The Labute approximate surface area is 113 Å². The van der Waals surface area contributed by atoms with E-state index >= 15 is 0 Å². The van der Waals surface area contributed by atoms with Crippen LogP contribution in [-0.4, -0.2) is 21.8 Å². The molecule has 0 fully saturated rings. The number of carbonyl (C=O) groups is 2. The number of aromatic nitrogens is 2. The number of nitrogen functional groups attached to an aromatic ring is 1. The highest BCUT2D eigenvalue weighted by Crippen LogP contribution is 2.21. The van der Waals surface area contributed by atoms with Crippen LogP contribution in [-0.2, 0) is 0 Å². The molecule has 5 N–H and O–H groups in total. The molecule has 19 heavy (non-hydrogen) atoms. The SMILES string of the molecule is NNC(=O)c1nc[nH]c1C(=O)Nc1ccccc1Cl. The number of nitrogens with zero attached hydrogens (tertiary/aromatic N) is 1. The number of rotatable bonds is 3. The van der Waals surface area contributed by atoms with E-state index in [-0.39, 0.29) is 11.4 Å². The van der Waals surface area contributed by atoms with Crippen molar-refractivity contribution in [2.24, 2.45) is 5.84 Å². The second-order valence-corrected chi connectivity index (χ2v) is 3.94. The largest absolute Gasteiger partial charge is 0.340 e. The van der Waals surface area contributed by atoms with Gasteiger partial charge in [0.05, 0.1) is 17.0 Å². The summed E-state index contributed by atoms with van der Waals surface area (Å²) >= 11 is 5.92. The Morgan fingerprint density at radius 2 is 2.00 bits per heavy atom. The molecule has 1 aromatic heterocycles. The molecule has 98 valence electrons.